The number of nitrogens with one attached hydrogen (secondary N) is 1. The molecule has 6 rings (SSSR count). The lowest BCUT2D eigenvalue weighted by Gasteiger charge is -2.29. The third kappa shape index (κ3) is 14.1. The number of benzene rings is 3. The van der Waals surface area contributed by atoms with E-state index in [2.05, 4.69) is 14.8 Å². The molecule has 0 radical (unpaired) electrons. The van der Waals surface area contributed by atoms with Crippen LogP contribution < -0.4 is 4.74 Å². The Bertz CT molecular complexity index is 1870. The quantitative estimate of drug-likeness (QED) is 0.106. The van der Waals surface area contributed by atoms with Crippen molar-refractivity contribution < 1.29 is 48.0 Å². The van der Waals surface area contributed by atoms with Gasteiger partial charge in [-0.15, -0.1) is 0 Å². The molecule has 14 heteroatoms. The number of carboxylic acid groups (broad SMARTS) is 1. The first kappa shape index (κ1) is 43.0. The Hall–Kier alpha value is -5.12. The molecule has 0 saturated carbocycles. The maximum atomic E-state index is 14.3. The fourth-order valence-corrected chi connectivity index (χ4v) is 6.57. The van der Waals surface area contributed by atoms with Crippen LogP contribution in [0.15, 0.2) is 78.9 Å². The molecule has 2 N–H and O–H groups in total. The van der Waals surface area contributed by atoms with E-state index in [1.165, 1.54) is 0 Å². The highest BCUT2D eigenvalue weighted by Crippen LogP contribution is 2.31. The minimum Gasteiger partial charge on any atom is -0.487 e. The summed E-state index contributed by atoms with van der Waals surface area (Å²) in [6, 6.07) is 24.6. The second-order valence-electron chi connectivity index (χ2n) is 14.0. The lowest BCUT2D eigenvalue weighted by Crippen LogP contribution is -2.40. The standard InChI is InChI=1S/C41H50N4O8.C2H4O2/c1-31(26-39(47)51-24-18-43-14-20-49-21-15-43)45(28-32-8-4-2-5-9-32)29-37(46)34-12-13-38(53-30-33-10-6-3-7-11-33)40-35(34)27-36(42-40)41(48)52-25-19-44-16-22-50-23-17-44;1-2(3)4/h2-13,27,31,42H,14-26,28-30H2,1H3;1H3,(H,3,4). The number of hydrogen-bond acceptors (Lipinski definition) is 12. The SMILES string of the molecule is CC(=O)O.CC(CC(=O)OCCN1CCOCC1)N(CC(=O)c1ccc(OCc2ccccc2)c2[nH]c(C(=O)OCCN3CCOCC3)cc12)Cc1ccccc1. The first-order valence-corrected chi connectivity index (χ1v) is 19.4. The zero-order valence-electron chi connectivity index (χ0n) is 32.9. The van der Waals surface area contributed by atoms with Crippen LogP contribution in [0.4, 0.5) is 0 Å². The van der Waals surface area contributed by atoms with E-state index in [1.807, 2.05) is 72.5 Å². The summed E-state index contributed by atoms with van der Waals surface area (Å²) in [6.07, 6.45) is 0.134. The largest absolute Gasteiger partial charge is 0.487 e. The van der Waals surface area contributed by atoms with Gasteiger partial charge in [0.05, 0.1) is 44.9 Å². The van der Waals surface area contributed by atoms with Crippen molar-refractivity contribution in [3.8, 4) is 5.75 Å². The Labute approximate surface area is 333 Å². The second kappa shape index (κ2) is 22.6. The van der Waals surface area contributed by atoms with Gasteiger partial charge < -0.3 is 33.8 Å². The number of aromatic amines is 1. The molecular formula is C43H54N4O10. The first-order valence-electron chi connectivity index (χ1n) is 19.4. The molecule has 14 nitrogen and oxygen atoms in total. The summed E-state index contributed by atoms with van der Waals surface area (Å²) in [5.74, 6) is -1.28. The number of H-pyrrole nitrogens is 1. The molecule has 0 aliphatic carbocycles. The lowest BCUT2D eigenvalue weighted by molar-refractivity contribution is -0.145. The molecule has 3 heterocycles. The number of fused-ring (bicyclic) bond motifs is 1. The Kier molecular flexibility index (Phi) is 17.0. The van der Waals surface area contributed by atoms with Gasteiger partial charge in [-0.1, -0.05) is 60.7 Å². The minimum absolute atomic E-state index is 0.0426. The number of morpholine rings is 2. The smallest absolute Gasteiger partial charge is 0.354 e. The summed E-state index contributed by atoms with van der Waals surface area (Å²) in [6.45, 7) is 11.6. The van der Waals surface area contributed by atoms with Crippen LogP contribution in [0, 0.1) is 0 Å². The minimum atomic E-state index is -0.833. The first-order chi connectivity index (χ1) is 27.7. The van der Waals surface area contributed by atoms with E-state index in [0.29, 0.717) is 81.5 Å². The Morgan fingerprint density at radius 1 is 0.807 bits per heavy atom. The molecule has 4 aromatic rings. The summed E-state index contributed by atoms with van der Waals surface area (Å²) >= 11 is 0. The van der Waals surface area contributed by atoms with Gasteiger partial charge in [-0.2, -0.15) is 0 Å². The van der Waals surface area contributed by atoms with Crippen LogP contribution in [0.25, 0.3) is 10.9 Å². The predicted octanol–water partition coefficient (Wildman–Crippen LogP) is 4.67. The van der Waals surface area contributed by atoms with Gasteiger partial charge in [-0.05, 0) is 36.2 Å². The average molecular weight is 787 g/mol. The predicted molar refractivity (Wildman–Crippen MR) is 213 cm³/mol. The molecule has 306 valence electrons. The molecule has 2 fully saturated rings. The van der Waals surface area contributed by atoms with Crippen molar-refractivity contribution in [3.63, 3.8) is 0 Å². The number of nitrogens with zero attached hydrogens (tertiary/aromatic N) is 3. The molecule has 0 bridgehead atoms. The molecule has 1 atom stereocenters. The molecule has 0 spiro atoms. The third-order valence-electron chi connectivity index (χ3n) is 9.69. The summed E-state index contributed by atoms with van der Waals surface area (Å²) in [5.41, 5.74) is 3.22. The van der Waals surface area contributed by atoms with Gasteiger partial charge in [0, 0.05) is 69.7 Å². The van der Waals surface area contributed by atoms with Crippen molar-refractivity contribution in [2.45, 2.75) is 39.5 Å². The highest BCUT2D eigenvalue weighted by molar-refractivity contribution is 6.11. The molecule has 1 unspecified atom stereocenters. The molecule has 1 aromatic heterocycles. The summed E-state index contributed by atoms with van der Waals surface area (Å²) in [7, 11) is 0. The molecule has 2 aliphatic heterocycles. The Morgan fingerprint density at radius 2 is 1.37 bits per heavy atom. The normalized spacial score (nSPS) is 15.4. The van der Waals surface area contributed by atoms with Crippen LogP contribution in [0.3, 0.4) is 0 Å². The summed E-state index contributed by atoms with van der Waals surface area (Å²) in [4.78, 5) is 59.1. The Morgan fingerprint density at radius 3 is 1.96 bits per heavy atom. The van der Waals surface area contributed by atoms with Gasteiger partial charge in [-0.3, -0.25) is 29.1 Å². The van der Waals surface area contributed by atoms with E-state index >= 15 is 0 Å². The van der Waals surface area contributed by atoms with Crippen LogP contribution in [-0.2, 0) is 41.7 Å². The topological polar surface area (TPSA) is 160 Å². The van der Waals surface area contributed by atoms with Gasteiger partial charge in [0.25, 0.3) is 5.97 Å². The number of carbonyl (C=O) groups excluding carboxylic acids is 3. The number of ketones is 1. The number of hydrogen-bond donors (Lipinski definition) is 2. The van der Waals surface area contributed by atoms with Crippen molar-refractivity contribution in [1.82, 2.24) is 19.7 Å². The fraction of sp³-hybridized carbons (Fsp3) is 0.442. The number of aliphatic carboxylic acids is 1. The van der Waals surface area contributed by atoms with Gasteiger partial charge in [0.1, 0.15) is 31.3 Å². The van der Waals surface area contributed by atoms with Crippen molar-refractivity contribution in [2.75, 3.05) is 85.5 Å². The maximum Gasteiger partial charge on any atom is 0.354 e. The van der Waals surface area contributed by atoms with Crippen molar-refractivity contribution in [3.05, 3.63) is 101 Å². The van der Waals surface area contributed by atoms with Crippen LogP contribution in [0.5, 0.6) is 5.75 Å². The highest BCUT2D eigenvalue weighted by Gasteiger charge is 2.25. The Balaban J connectivity index is 0.00000148. The molecule has 3 aromatic carbocycles. The van der Waals surface area contributed by atoms with Crippen molar-refractivity contribution in [2.24, 2.45) is 0 Å². The van der Waals surface area contributed by atoms with Gasteiger partial charge >= 0.3 is 11.9 Å². The van der Waals surface area contributed by atoms with E-state index in [1.54, 1.807) is 18.2 Å². The number of carboxylic acids is 1. The third-order valence-corrected chi connectivity index (χ3v) is 9.69. The molecule has 2 saturated heterocycles. The molecular weight excluding hydrogens is 732 g/mol. The monoisotopic (exact) mass is 786 g/mol. The zero-order valence-corrected chi connectivity index (χ0v) is 32.9. The van der Waals surface area contributed by atoms with E-state index in [0.717, 1.165) is 44.2 Å². The van der Waals surface area contributed by atoms with E-state index in [9.17, 15) is 14.4 Å². The highest BCUT2D eigenvalue weighted by atomic mass is 16.5. The van der Waals surface area contributed by atoms with Gasteiger partial charge in [-0.25, -0.2) is 4.79 Å². The molecule has 0 amide bonds. The molecule has 2 aliphatic rings. The number of esters is 2. The maximum absolute atomic E-state index is 14.3. The van der Waals surface area contributed by atoms with Crippen LogP contribution in [-0.4, -0.2) is 140 Å². The van der Waals surface area contributed by atoms with Crippen molar-refractivity contribution in [1.29, 1.82) is 0 Å². The van der Waals surface area contributed by atoms with E-state index in [-0.39, 0.29) is 43.1 Å². The van der Waals surface area contributed by atoms with E-state index < -0.39 is 11.9 Å². The number of Topliss-reactive ketones (excluding diaryl/α,β-unsaturated/α-hetero) is 1. The summed E-state index contributed by atoms with van der Waals surface area (Å²) < 4.78 is 28.3. The van der Waals surface area contributed by atoms with Gasteiger partial charge in [0.2, 0.25) is 0 Å². The second-order valence-corrected chi connectivity index (χ2v) is 14.0. The average Bonchev–Trinajstić information content (AvgIpc) is 3.67. The van der Waals surface area contributed by atoms with E-state index in [4.69, 9.17) is 33.6 Å². The van der Waals surface area contributed by atoms with Crippen LogP contribution in [0.1, 0.15) is 52.2 Å². The number of carbonyl (C=O) groups is 4. The fourth-order valence-electron chi connectivity index (χ4n) is 6.57. The zero-order chi connectivity index (χ0) is 40.4. The number of rotatable bonds is 18. The number of aromatic nitrogens is 1. The van der Waals surface area contributed by atoms with Crippen LogP contribution >= 0.6 is 0 Å². The lowest BCUT2D eigenvalue weighted by atomic mass is 10.0. The van der Waals surface area contributed by atoms with Crippen LogP contribution in [0.2, 0.25) is 0 Å². The molecule has 57 heavy (non-hydrogen) atoms. The summed E-state index contributed by atoms with van der Waals surface area (Å²) in [5, 5.41) is 7.98. The van der Waals surface area contributed by atoms with Crippen molar-refractivity contribution >= 4 is 34.6 Å². The van der Waals surface area contributed by atoms with Gasteiger partial charge in [0.15, 0.2) is 5.78 Å². The number of ether oxygens (including phenoxy) is 5.